The molecule has 1 aliphatic rings. The quantitative estimate of drug-likeness (QED) is 0.603. The number of ether oxygens (including phenoxy) is 1. The van der Waals surface area contributed by atoms with Crippen LogP contribution >= 0.6 is 15.9 Å². The predicted octanol–water partition coefficient (Wildman–Crippen LogP) is 2.24. The van der Waals surface area contributed by atoms with Crippen molar-refractivity contribution in [2.75, 3.05) is 25.5 Å². The van der Waals surface area contributed by atoms with Gasteiger partial charge >= 0.3 is 5.97 Å². The number of likely N-dealkylation sites (tertiary alicyclic amines) is 1. The van der Waals surface area contributed by atoms with Crippen molar-refractivity contribution in [3.8, 4) is 0 Å². The second kappa shape index (κ2) is 8.32. The Balaban J connectivity index is 1.81. The molecule has 4 N–H and O–H groups in total. The molecule has 1 aromatic heterocycles. The molecular weight excluding hydrogens is 428 g/mol. The van der Waals surface area contributed by atoms with Gasteiger partial charge in [-0.2, -0.15) is 0 Å². The van der Waals surface area contributed by atoms with E-state index in [0.717, 1.165) is 4.47 Å². The molecule has 1 saturated heterocycles. The second-order valence-electron chi connectivity index (χ2n) is 6.93. The molecule has 0 radical (unpaired) electrons. The van der Waals surface area contributed by atoms with Gasteiger partial charge in [-0.25, -0.2) is 4.79 Å². The first-order chi connectivity index (χ1) is 13.3. The lowest BCUT2D eigenvalue weighted by Crippen LogP contribution is -2.47. The maximum Gasteiger partial charge on any atom is 0.356 e. The van der Waals surface area contributed by atoms with Crippen molar-refractivity contribution in [3.63, 3.8) is 0 Å². The highest BCUT2D eigenvalue weighted by atomic mass is 79.9. The average Bonchev–Trinajstić information content (AvgIpc) is 3.04. The van der Waals surface area contributed by atoms with Gasteiger partial charge in [0.1, 0.15) is 5.69 Å². The fourth-order valence-electron chi connectivity index (χ4n) is 3.51. The van der Waals surface area contributed by atoms with Gasteiger partial charge in [-0.1, -0.05) is 15.9 Å². The molecule has 0 saturated carbocycles. The number of aromatic nitrogens is 1. The van der Waals surface area contributed by atoms with Crippen LogP contribution in [-0.2, 0) is 14.3 Å². The lowest BCUT2D eigenvalue weighted by Gasteiger charge is -2.34. The highest BCUT2D eigenvalue weighted by Gasteiger charge is 2.30. The zero-order chi connectivity index (χ0) is 20.4. The van der Waals surface area contributed by atoms with Gasteiger partial charge in [0.15, 0.2) is 0 Å². The molecule has 2 amide bonds. The van der Waals surface area contributed by atoms with Gasteiger partial charge in [-0.05, 0) is 51.1 Å². The van der Waals surface area contributed by atoms with E-state index in [0.29, 0.717) is 42.5 Å². The van der Waals surface area contributed by atoms with E-state index in [1.54, 1.807) is 0 Å². The molecule has 28 heavy (non-hydrogen) atoms. The number of piperidine rings is 1. The molecule has 3 rings (SSSR count). The Kier molecular flexibility index (Phi) is 6.04. The minimum Gasteiger partial charge on any atom is -0.464 e. The second-order valence-corrected chi connectivity index (χ2v) is 7.85. The molecule has 1 atom stereocenters. The Bertz CT molecular complexity index is 918. The molecule has 0 aliphatic carbocycles. The largest absolute Gasteiger partial charge is 0.464 e. The molecule has 2 heterocycles. The van der Waals surface area contributed by atoms with Crippen LogP contribution in [-0.4, -0.2) is 53.9 Å². The maximum absolute atomic E-state index is 12.9. The summed E-state index contributed by atoms with van der Waals surface area (Å²) in [6, 6.07) is 5.07. The van der Waals surface area contributed by atoms with Crippen molar-refractivity contribution in [1.82, 2.24) is 9.88 Å². The molecule has 1 aliphatic heterocycles. The van der Waals surface area contributed by atoms with E-state index in [9.17, 15) is 14.4 Å². The van der Waals surface area contributed by atoms with Crippen LogP contribution in [0.2, 0.25) is 0 Å². The van der Waals surface area contributed by atoms with E-state index in [-0.39, 0.29) is 23.4 Å². The number of hydrogen-bond acceptors (Lipinski definition) is 5. The molecule has 0 bridgehead atoms. The third kappa shape index (κ3) is 4.05. The van der Waals surface area contributed by atoms with Crippen molar-refractivity contribution < 1.29 is 19.1 Å². The molecule has 1 fully saturated rings. The van der Waals surface area contributed by atoms with Crippen molar-refractivity contribution in [3.05, 3.63) is 28.4 Å². The van der Waals surface area contributed by atoms with E-state index in [2.05, 4.69) is 26.2 Å². The van der Waals surface area contributed by atoms with Crippen LogP contribution < -0.4 is 11.1 Å². The fourth-order valence-corrected chi connectivity index (χ4v) is 3.87. The predicted molar refractivity (Wildman–Crippen MR) is 109 cm³/mol. The number of anilines is 1. The van der Waals surface area contributed by atoms with E-state index in [1.165, 1.54) is 7.11 Å². The van der Waals surface area contributed by atoms with Crippen LogP contribution in [0, 0.1) is 5.92 Å². The first-order valence-electron chi connectivity index (χ1n) is 9.05. The average molecular weight is 451 g/mol. The van der Waals surface area contributed by atoms with Gasteiger partial charge in [-0.3, -0.25) is 14.5 Å². The summed E-state index contributed by atoms with van der Waals surface area (Å²) >= 11 is 3.42. The van der Waals surface area contributed by atoms with Gasteiger partial charge in [0.25, 0.3) is 0 Å². The number of primary amides is 1. The lowest BCUT2D eigenvalue weighted by atomic mass is 9.95. The number of rotatable bonds is 5. The summed E-state index contributed by atoms with van der Waals surface area (Å²) in [4.78, 5) is 41.4. The number of fused-ring (bicyclic) bond motifs is 1. The Morgan fingerprint density at radius 3 is 2.61 bits per heavy atom. The van der Waals surface area contributed by atoms with Crippen LogP contribution in [0.15, 0.2) is 22.7 Å². The zero-order valence-electron chi connectivity index (χ0n) is 15.8. The lowest BCUT2D eigenvalue weighted by molar-refractivity contribution is -0.124. The third-order valence-electron chi connectivity index (χ3n) is 5.26. The number of benzene rings is 1. The van der Waals surface area contributed by atoms with E-state index >= 15 is 0 Å². The Morgan fingerprint density at radius 1 is 1.32 bits per heavy atom. The number of H-pyrrole nitrogens is 1. The topological polar surface area (TPSA) is 118 Å². The monoisotopic (exact) mass is 450 g/mol. The molecule has 0 unspecified atom stereocenters. The summed E-state index contributed by atoms with van der Waals surface area (Å²) in [5, 5.41) is 3.59. The zero-order valence-corrected chi connectivity index (χ0v) is 17.3. The van der Waals surface area contributed by atoms with Crippen LogP contribution in [0.3, 0.4) is 0 Å². The van der Waals surface area contributed by atoms with E-state index in [4.69, 9.17) is 10.5 Å². The summed E-state index contributed by atoms with van der Waals surface area (Å²) in [5.74, 6) is -1.21. The van der Waals surface area contributed by atoms with Crippen molar-refractivity contribution in [2.24, 2.45) is 11.7 Å². The highest BCUT2D eigenvalue weighted by Crippen LogP contribution is 2.31. The Morgan fingerprint density at radius 2 is 2.00 bits per heavy atom. The molecule has 150 valence electrons. The Hall–Kier alpha value is -2.39. The number of esters is 1. The molecule has 1 aromatic carbocycles. The van der Waals surface area contributed by atoms with E-state index < -0.39 is 12.0 Å². The number of carbonyl (C=O) groups is 3. The Labute approximate surface area is 170 Å². The van der Waals surface area contributed by atoms with Gasteiger partial charge in [0.2, 0.25) is 11.8 Å². The van der Waals surface area contributed by atoms with Crippen molar-refractivity contribution in [1.29, 1.82) is 0 Å². The third-order valence-corrected chi connectivity index (χ3v) is 5.75. The van der Waals surface area contributed by atoms with Crippen molar-refractivity contribution in [2.45, 2.75) is 25.8 Å². The highest BCUT2D eigenvalue weighted by molar-refractivity contribution is 9.10. The number of aromatic amines is 1. The summed E-state index contributed by atoms with van der Waals surface area (Å²) in [7, 11) is 1.29. The summed E-state index contributed by atoms with van der Waals surface area (Å²) < 4.78 is 5.67. The van der Waals surface area contributed by atoms with Crippen LogP contribution in [0.1, 0.15) is 30.3 Å². The van der Waals surface area contributed by atoms with Crippen LogP contribution in [0.25, 0.3) is 10.9 Å². The number of nitrogens with zero attached hydrogens (tertiary/aromatic N) is 1. The minimum absolute atomic E-state index is 0.136. The molecule has 9 heteroatoms. The molecule has 0 spiro atoms. The number of nitrogens with one attached hydrogen (secondary N) is 2. The number of carbonyl (C=O) groups excluding carboxylic acids is 3. The first-order valence-corrected chi connectivity index (χ1v) is 9.85. The van der Waals surface area contributed by atoms with Gasteiger partial charge in [0.05, 0.1) is 18.8 Å². The van der Waals surface area contributed by atoms with E-state index in [1.807, 2.05) is 30.0 Å². The van der Waals surface area contributed by atoms with Gasteiger partial charge in [0, 0.05) is 21.3 Å². The number of hydrogen-bond donors (Lipinski definition) is 3. The van der Waals surface area contributed by atoms with Crippen LogP contribution in [0.4, 0.5) is 5.69 Å². The normalized spacial score (nSPS) is 16.7. The summed E-state index contributed by atoms with van der Waals surface area (Å²) in [5.41, 5.74) is 6.68. The number of amides is 2. The molecule has 8 nitrogen and oxygen atoms in total. The number of halogens is 1. The molecular formula is C19H23BrN4O4. The standard InChI is InChI=1S/C19H23BrN4O4/c1-10(24-7-5-11(6-8-24)17(21)25)18(26)23-15-13-9-12(20)3-4-14(13)22-16(15)19(27)28-2/h3-4,9-11,22H,5-8H2,1-2H3,(H2,21,25)(H,23,26)/t10-/m0/s1. The minimum atomic E-state index is -0.558. The SMILES string of the molecule is COC(=O)c1[nH]c2ccc(Br)cc2c1NC(=O)[C@H](C)N1CCC(C(N)=O)CC1. The first kappa shape index (κ1) is 20.3. The van der Waals surface area contributed by atoms with Crippen molar-refractivity contribution >= 4 is 50.3 Å². The number of nitrogens with two attached hydrogens (primary N) is 1. The maximum atomic E-state index is 12.9. The smallest absolute Gasteiger partial charge is 0.356 e. The van der Waals surface area contributed by atoms with Crippen LogP contribution in [0.5, 0.6) is 0 Å². The summed E-state index contributed by atoms with van der Waals surface area (Å²) in [6.45, 7) is 3.04. The number of methoxy groups -OCH3 is 1. The molecule has 2 aromatic rings. The van der Waals surface area contributed by atoms with Gasteiger partial charge < -0.3 is 20.8 Å². The van der Waals surface area contributed by atoms with Gasteiger partial charge in [-0.15, -0.1) is 0 Å². The summed E-state index contributed by atoms with van der Waals surface area (Å²) in [6.07, 6.45) is 1.28. The fraction of sp³-hybridized carbons (Fsp3) is 0.421.